The van der Waals surface area contributed by atoms with Gasteiger partial charge in [0.05, 0.1) is 12.1 Å². The van der Waals surface area contributed by atoms with Crippen molar-refractivity contribution in [1.82, 2.24) is 0 Å². The van der Waals surface area contributed by atoms with E-state index in [0.717, 1.165) is 0 Å². The van der Waals surface area contributed by atoms with E-state index in [9.17, 15) is 0 Å². The van der Waals surface area contributed by atoms with Crippen molar-refractivity contribution in [2.24, 2.45) is 0 Å². The van der Waals surface area contributed by atoms with Crippen LogP contribution in [0.5, 0.6) is 0 Å². The Morgan fingerprint density at radius 2 is 0.886 bits per heavy atom. The summed E-state index contributed by atoms with van der Waals surface area (Å²) in [4.78, 5) is 4.78. The van der Waals surface area contributed by atoms with Crippen molar-refractivity contribution in [3.05, 3.63) is 131 Å². The molecule has 0 bridgehead atoms. The first kappa shape index (κ1) is 29.2. The second kappa shape index (κ2) is 12.3. The Morgan fingerprint density at radius 3 is 1.23 bits per heavy atom. The number of nitrogens with zero attached hydrogens (tertiary/aromatic N) is 2. The Bertz CT molecular complexity index is 1130. The topological polar surface area (TPSA) is 6.48 Å². The zero-order valence-electron chi connectivity index (χ0n) is 20.5. The maximum absolute atomic E-state index is 2.39. The van der Waals surface area contributed by atoms with Gasteiger partial charge in [-0.15, -0.1) is 0 Å². The molecule has 2 aliphatic carbocycles. The van der Waals surface area contributed by atoms with Gasteiger partial charge in [-0.05, 0) is 86.4 Å². The molecule has 0 saturated carbocycles. The van der Waals surface area contributed by atoms with Crippen LogP contribution in [0.15, 0.2) is 131 Å². The van der Waals surface area contributed by atoms with Crippen LogP contribution in [0.25, 0.3) is 0 Å². The van der Waals surface area contributed by atoms with Crippen molar-refractivity contribution in [2.45, 2.75) is 39.8 Å². The molecule has 0 aromatic heterocycles. The van der Waals surface area contributed by atoms with Crippen molar-refractivity contribution in [2.75, 3.05) is 9.80 Å². The van der Waals surface area contributed by atoms with Crippen LogP contribution in [0.1, 0.15) is 27.7 Å². The second-order valence-electron chi connectivity index (χ2n) is 8.97. The summed E-state index contributed by atoms with van der Waals surface area (Å²) in [5, 5.41) is 0. The van der Waals surface area contributed by atoms with Crippen molar-refractivity contribution in [3.8, 4) is 0 Å². The minimum Gasteiger partial charge on any atom is -1.00 e. The first-order chi connectivity index (χ1) is 15.5. The largest absolute Gasteiger partial charge is 2.00 e. The summed E-state index contributed by atoms with van der Waals surface area (Å²) >= 11 is 0. The number of halogens is 2. The maximum Gasteiger partial charge on any atom is 2.00 e. The molecule has 0 N–H and O–H groups in total. The van der Waals surface area contributed by atoms with Crippen LogP contribution < -0.4 is 34.6 Å². The number of fused-ring (bicyclic) bond motifs is 2. The Kier molecular flexibility index (Phi) is 10.2. The molecule has 2 aromatic carbocycles. The van der Waals surface area contributed by atoms with E-state index in [1.807, 2.05) is 0 Å². The second-order valence-corrected chi connectivity index (χ2v) is 8.97. The molecule has 35 heavy (non-hydrogen) atoms. The first-order valence-electron chi connectivity index (χ1n) is 11.4. The van der Waals surface area contributed by atoms with Gasteiger partial charge >= 0.3 is 26.2 Å². The summed E-state index contributed by atoms with van der Waals surface area (Å²) in [6, 6.07) is 22.1. The third-order valence-corrected chi connectivity index (χ3v) is 6.33. The fourth-order valence-electron chi connectivity index (χ4n) is 5.04. The Labute approximate surface area is 241 Å². The molecule has 2 atom stereocenters. The molecular formula is C30H30Cl2N2Zr. The van der Waals surface area contributed by atoms with E-state index in [0.29, 0.717) is 12.1 Å². The number of hydrogen-bond donors (Lipinski definition) is 0. The number of benzene rings is 2. The quantitative estimate of drug-likeness (QED) is 0.530. The fourth-order valence-corrected chi connectivity index (χ4v) is 5.04. The van der Waals surface area contributed by atoms with Crippen molar-refractivity contribution >= 4 is 11.4 Å². The average Bonchev–Trinajstić information content (AvgIpc) is 3.47. The van der Waals surface area contributed by atoms with E-state index in [2.05, 4.69) is 135 Å². The zero-order valence-corrected chi connectivity index (χ0v) is 24.5. The van der Waals surface area contributed by atoms with Crippen molar-refractivity contribution in [1.29, 1.82) is 0 Å². The van der Waals surface area contributed by atoms with Gasteiger partial charge in [-0.3, -0.25) is 0 Å². The molecular weight excluding hydrogens is 550 g/mol. The Morgan fingerprint density at radius 1 is 0.543 bits per heavy atom. The number of allylic oxidation sites excluding steroid dienone is 6. The predicted molar refractivity (Wildman–Crippen MR) is 137 cm³/mol. The summed E-state index contributed by atoms with van der Waals surface area (Å²) in [5.41, 5.74) is 10.7. The minimum absolute atomic E-state index is 0. The molecule has 0 radical (unpaired) electrons. The van der Waals surface area contributed by atoms with Crippen LogP contribution in [-0.4, -0.2) is 12.1 Å². The van der Waals surface area contributed by atoms with Crippen LogP contribution in [0.4, 0.5) is 11.4 Å². The molecule has 2 unspecified atom stereocenters. The van der Waals surface area contributed by atoms with E-state index in [-0.39, 0.29) is 51.0 Å². The van der Waals surface area contributed by atoms with Crippen LogP contribution in [-0.2, 0) is 26.2 Å². The van der Waals surface area contributed by atoms with Crippen LogP contribution in [0.3, 0.4) is 0 Å². The van der Waals surface area contributed by atoms with Gasteiger partial charge in [0, 0.05) is 22.8 Å². The van der Waals surface area contributed by atoms with Gasteiger partial charge < -0.3 is 34.6 Å². The van der Waals surface area contributed by atoms with E-state index < -0.39 is 0 Å². The molecule has 178 valence electrons. The van der Waals surface area contributed by atoms with Gasteiger partial charge in [0.15, 0.2) is 0 Å². The monoisotopic (exact) mass is 578 g/mol. The van der Waals surface area contributed by atoms with Gasteiger partial charge in [-0.1, -0.05) is 60.7 Å². The van der Waals surface area contributed by atoms with Gasteiger partial charge in [0.1, 0.15) is 0 Å². The Balaban J connectivity index is 0.000000227. The van der Waals surface area contributed by atoms with Gasteiger partial charge in [0.2, 0.25) is 0 Å². The summed E-state index contributed by atoms with van der Waals surface area (Å²) in [6.45, 7) is 8.78. The molecule has 0 amide bonds. The predicted octanol–water partition coefficient (Wildman–Crippen LogP) is 1.34. The molecule has 0 spiro atoms. The normalized spacial score (nSPS) is 20.8. The van der Waals surface area contributed by atoms with Crippen molar-refractivity contribution in [3.63, 3.8) is 0 Å². The van der Waals surface area contributed by atoms with Crippen LogP contribution in [0, 0.1) is 0 Å². The SMILES string of the molecule is CC1=CC2=CC(C)N(c3ccccc3)C2=C1.CC1=CC2=CC(C)N(c3ccccc3)C2=C1.[Cl-].[Cl-].[Zr+2]. The van der Waals surface area contributed by atoms with Crippen LogP contribution >= 0.6 is 0 Å². The van der Waals surface area contributed by atoms with E-state index in [4.69, 9.17) is 0 Å². The molecule has 0 saturated heterocycles. The van der Waals surface area contributed by atoms with Gasteiger partial charge in [-0.25, -0.2) is 0 Å². The zero-order chi connectivity index (χ0) is 22.2. The first-order valence-corrected chi connectivity index (χ1v) is 11.4. The molecule has 0 fully saturated rings. The minimum atomic E-state index is 0. The third kappa shape index (κ3) is 5.85. The van der Waals surface area contributed by atoms with E-state index >= 15 is 0 Å². The number of para-hydroxylation sites is 2. The molecule has 2 nitrogen and oxygen atoms in total. The number of anilines is 2. The number of hydrogen-bond acceptors (Lipinski definition) is 2. The summed E-state index contributed by atoms with van der Waals surface area (Å²) in [7, 11) is 0. The molecule has 2 heterocycles. The molecule has 4 aliphatic rings. The van der Waals surface area contributed by atoms with E-state index in [1.54, 1.807) is 0 Å². The standard InChI is InChI=1S/2C15H15N.2ClH.Zr/c2*1-11-8-13-10-12(2)16(15(13)9-11)14-6-4-3-5-7-14;;;/h2*3-10,12H,1-2H3;2*1H;/q;;;;+2/p-2. The summed E-state index contributed by atoms with van der Waals surface area (Å²) in [5.74, 6) is 0. The van der Waals surface area contributed by atoms with Gasteiger partial charge in [-0.2, -0.15) is 0 Å². The van der Waals surface area contributed by atoms with Gasteiger partial charge in [0.25, 0.3) is 0 Å². The average molecular weight is 581 g/mol. The fraction of sp³-hybridized carbons (Fsp3) is 0.200. The summed E-state index contributed by atoms with van der Waals surface area (Å²) < 4.78 is 0. The molecule has 6 rings (SSSR count). The smallest absolute Gasteiger partial charge is 1.00 e. The van der Waals surface area contributed by atoms with Crippen LogP contribution in [0.2, 0.25) is 0 Å². The Hall–Kier alpha value is -2.06. The summed E-state index contributed by atoms with van der Waals surface area (Å²) in [6.07, 6.45) is 13.7. The third-order valence-electron chi connectivity index (χ3n) is 6.33. The molecule has 2 aromatic rings. The number of rotatable bonds is 2. The van der Waals surface area contributed by atoms with E-state index in [1.165, 1.54) is 45.1 Å². The molecule has 5 heteroatoms. The van der Waals surface area contributed by atoms with Crippen molar-refractivity contribution < 1.29 is 51.0 Å². The molecule has 2 aliphatic heterocycles. The maximum atomic E-state index is 2.39.